The zero-order chi connectivity index (χ0) is 10.8. The van der Waals surface area contributed by atoms with E-state index in [1.807, 2.05) is 0 Å². The molecule has 2 heterocycles. The van der Waals surface area contributed by atoms with Gasteiger partial charge in [-0.1, -0.05) is 25.4 Å². The highest BCUT2D eigenvalue weighted by molar-refractivity contribution is 7.13. The molecule has 0 N–H and O–H groups in total. The molecule has 2 aromatic heterocycles. The van der Waals surface area contributed by atoms with Gasteiger partial charge in [0.25, 0.3) is 0 Å². The number of thiazole rings is 1. The molecule has 0 aliphatic carbocycles. The summed E-state index contributed by atoms with van der Waals surface area (Å²) in [6.07, 6.45) is 1.75. The van der Waals surface area contributed by atoms with Crippen molar-refractivity contribution in [2.75, 3.05) is 0 Å². The van der Waals surface area contributed by atoms with Gasteiger partial charge in [-0.15, -0.1) is 11.3 Å². The molecule has 0 bridgehead atoms. The number of hydrogen-bond donors (Lipinski definition) is 0. The Morgan fingerprint density at radius 3 is 2.73 bits per heavy atom. The second-order valence-corrected chi connectivity index (χ2v) is 4.73. The Balaban J connectivity index is 2.49. The van der Waals surface area contributed by atoms with Gasteiger partial charge in [-0.25, -0.2) is 9.97 Å². The second kappa shape index (κ2) is 4.24. The van der Waals surface area contributed by atoms with Crippen LogP contribution in [0.15, 0.2) is 17.8 Å². The Bertz CT molecular complexity index is 454. The van der Waals surface area contributed by atoms with E-state index in [4.69, 9.17) is 11.6 Å². The van der Waals surface area contributed by atoms with Gasteiger partial charge in [0.1, 0.15) is 5.15 Å². The van der Waals surface area contributed by atoms with Crippen molar-refractivity contribution < 1.29 is 0 Å². The van der Waals surface area contributed by atoms with Crippen molar-refractivity contribution in [3.8, 4) is 10.7 Å². The molecule has 0 radical (unpaired) electrons. The first-order valence-corrected chi connectivity index (χ1v) is 5.86. The average molecular weight is 240 g/mol. The molecule has 0 spiro atoms. The van der Waals surface area contributed by atoms with E-state index < -0.39 is 0 Å². The highest BCUT2D eigenvalue weighted by Crippen LogP contribution is 2.23. The maximum Gasteiger partial charge on any atom is 0.172 e. The minimum atomic E-state index is 0.345. The zero-order valence-electron chi connectivity index (χ0n) is 8.44. The standard InChI is InChI=1S/C10H10ClN3S/c1-6(2)7-3-9(11)14-10(13-7)8-4-12-5-15-8/h3-6H,1-2H3. The molecule has 0 aromatic carbocycles. The first-order chi connectivity index (χ1) is 7.16. The fraction of sp³-hybridized carbons (Fsp3) is 0.300. The van der Waals surface area contributed by atoms with Crippen molar-refractivity contribution in [2.45, 2.75) is 19.8 Å². The van der Waals surface area contributed by atoms with Crippen molar-refractivity contribution in [1.29, 1.82) is 0 Å². The smallest absolute Gasteiger partial charge is 0.172 e. The fourth-order valence-electron chi connectivity index (χ4n) is 1.17. The molecule has 0 aliphatic heterocycles. The van der Waals surface area contributed by atoms with Crippen molar-refractivity contribution in [3.05, 3.63) is 28.6 Å². The number of aromatic nitrogens is 3. The van der Waals surface area contributed by atoms with E-state index in [0.29, 0.717) is 16.9 Å². The molecule has 0 saturated heterocycles. The summed E-state index contributed by atoms with van der Waals surface area (Å²) in [5, 5.41) is 0.483. The van der Waals surface area contributed by atoms with E-state index in [2.05, 4.69) is 28.8 Å². The molecule has 5 heteroatoms. The molecule has 0 unspecified atom stereocenters. The van der Waals surface area contributed by atoms with E-state index in [1.165, 1.54) is 11.3 Å². The SMILES string of the molecule is CC(C)c1cc(Cl)nc(-c2cncs2)n1. The van der Waals surface area contributed by atoms with Gasteiger partial charge < -0.3 is 0 Å². The summed E-state index contributed by atoms with van der Waals surface area (Å²) in [5.74, 6) is 1.01. The summed E-state index contributed by atoms with van der Waals surface area (Å²) in [5.41, 5.74) is 2.72. The molecule has 2 rings (SSSR count). The van der Waals surface area contributed by atoms with Gasteiger partial charge in [0, 0.05) is 11.9 Å². The Morgan fingerprint density at radius 1 is 1.33 bits per heavy atom. The van der Waals surface area contributed by atoms with Crippen LogP contribution in [-0.2, 0) is 0 Å². The molecule has 2 aromatic rings. The number of nitrogens with zero attached hydrogens (tertiary/aromatic N) is 3. The fourth-order valence-corrected chi connectivity index (χ4v) is 1.91. The summed E-state index contributed by atoms with van der Waals surface area (Å²) in [6, 6.07) is 1.80. The van der Waals surface area contributed by atoms with Crippen LogP contribution in [0.2, 0.25) is 5.15 Å². The van der Waals surface area contributed by atoms with Gasteiger partial charge in [-0.3, -0.25) is 4.98 Å². The third kappa shape index (κ3) is 2.33. The summed E-state index contributed by atoms with van der Waals surface area (Å²) < 4.78 is 0. The van der Waals surface area contributed by atoms with Crippen LogP contribution in [0, 0.1) is 0 Å². The predicted molar refractivity (Wildman–Crippen MR) is 62.2 cm³/mol. The lowest BCUT2D eigenvalue weighted by Gasteiger charge is -2.05. The molecule has 0 saturated carbocycles. The van der Waals surface area contributed by atoms with Crippen LogP contribution in [-0.4, -0.2) is 15.0 Å². The highest BCUT2D eigenvalue weighted by atomic mass is 35.5. The summed E-state index contributed by atoms with van der Waals surface area (Å²) in [4.78, 5) is 13.6. The molecular weight excluding hydrogens is 230 g/mol. The van der Waals surface area contributed by atoms with Crippen LogP contribution in [0.4, 0.5) is 0 Å². The normalized spacial score (nSPS) is 10.9. The van der Waals surface area contributed by atoms with E-state index >= 15 is 0 Å². The molecule has 0 aliphatic rings. The maximum absolute atomic E-state index is 5.94. The number of hydrogen-bond acceptors (Lipinski definition) is 4. The highest BCUT2D eigenvalue weighted by Gasteiger charge is 2.09. The Kier molecular flexibility index (Phi) is 2.98. The Labute approximate surface area is 97.2 Å². The topological polar surface area (TPSA) is 38.7 Å². The van der Waals surface area contributed by atoms with Gasteiger partial charge in [0.05, 0.1) is 10.4 Å². The van der Waals surface area contributed by atoms with Crippen molar-refractivity contribution in [3.63, 3.8) is 0 Å². The summed E-state index contributed by atoms with van der Waals surface area (Å²) in [7, 11) is 0. The third-order valence-electron chi connectivity index (χ3n) is 1.96. The molecule has 0 atom stereocenters. The van der Waals surface area contributed by atoms with E-state index in [-0.39, 0.29) is 0 Å². The second-order valence-electron chi connectivity index (χ2n) is 3.46. The monoisotopic (exact) mass is 239 g/mol. The van der Waals surface area contributed by atoms with Gasteiger partial charge in [-0.05, 0) is 12.0 Å². The molecule has 78 valence electrons. The van der Waals surface area contributed by atoms with Crippen molar-refractivity contribution in [2.24, 2.45) is 0 Å². The van der Waals surface area contributed by atoms with Crippen LogP contribution in [0.1, 0.15) is 25.5 Å². The molecule has 0 amide bonds. The van der Waals surface area contributed by atoms with Crippen LogP contribution < -0.4 is 0 Å². The largest absolute Gasteiger partial charge is 0.252 e. The molecule has 15 heavy (non-hydrogen) atoms. The van der Waals surface area contributed by atoms with Crippen LogP contribution in [0.3, 0.4) is 0 Å². The first kappa shape index (κ1) is 10.5. The Morgan fingerprint density at radius 2 is 2.13 bits per heavy atom. The van der Waals surface area contributed by atoms with Crippen molar-refractivity contribution in [1.82, 2.24) is 15.0 Å². The lowest BCUT2D eigenvalue weighted by Crippen LogP contribution is -1.97. The van der Waals surface area contributed by atoms with Gasteiger partial charge in [-0.2, -0.15) is 0 Å². The number of halogens is 1. The maximum atomic E-state index is 5.94. The van der Waals surface area contributed by atoms with Crippen LogP contribution >= 0.6 is 22.9 Å². The number of rotatable bonds is 2. The van der Waals surface area contributed by atoms with Crippen LogP contribution in [0.5, 0.6) is 0 Å². The first-order valence-electron chi connectivity index (χ1n) is 4.60. The zero-order valence-corrected chi connectivity index (χ0v) is 10.0. The van der Waals surface area contributed by atoms with Crippen LogP contribution in [0.25, 0.3) is 10.7 Å². The van der Waals surface area contributed by atoms with E-state index in [0.717, 1.165) is 10.6 Å². The quantitative estimate of drug-likeness (QED) is 0.755. The summed E-state index contributed by atoms with van der Waals surface area (Å²) >= 11 is 7.45. The Hall–Kier alpha value is -1.00. The third-order valence-corrected chi connectivity index (χ3v) is 2.92. The van der Waals surface area contributed by atoms with E-state index in [9.17, 15) is 0 Å². The molecule has 3 nitrogen and oxygen atoms in total. The van der Waals surface area contributed by atoms with Crippen molar-refractivity contribution >= 4 is 22.9 Å². The summed E-state index contributed by atoms with van der Waals surface area (Å²) in [6.45, 7) is 4.16. The lowest BCUT2D eigenvalue weighted by molar-refractivity contribution is 0.817. The van der Waals surface area contributed by atoms with E-state index in [1.54, 1.807) is 17.8 Å². The van der Waals surface area contributed by atoms with Gasteiger partial charge >= 0.3 is 0 Å². The van der Waals surface area contributed by atoms with Gasteiger partial charge in [0.15, 0.2) is 5.82 Å². The molecule has 0 fully saturated rings. The predicted octanol–water partition coefficient (Wildman–Crippen LogP) is 3.38. The molecular formula is C10H10ClN3S. The lowest BCUT2D eigenvalue weighted by atomic mass is 10.1. The minimum absolute atomic E-state index is 0.345. The minimum Gasteiger partial charge on any atom is -0.252 e. The van der Waals surface area contributed by atoms with Gasteiger partial charge in [0.2, 0.25) is 0 Å². The average Bonchev–Trinajstić information content (AvgIpc) is 2.69.